The van der Waals surface area contributed by atoms with Crippen molar-refractivity contribution in [3.05, 3.63) is 0 Å². The van der Waals surface area contributed by atoms with Crippen molar-refractivity contribution in [2.45, 2.75) is 246 Å². The maximum atomic E-state index is 12.8. The number of nitrogens with zero attached hydrogens (tertiary/aromatic N) is 4. The largest absolute Gasteiger partial charge is 0.469 e. The summed E-state index contributed by atoms with van der Waals surface area (Å²) < 4.78 is 21.8. The van der Waals surface area contributed by atoms with Crippen LogP contribution in [-0.2, 0) is 38.1 Å². The Morgan fingerprint density at radius 3 is 0.829 bits per heavy atom. The molecule has 0 N–H and O–H groups in total. The van der Waals surface area contributed by atoms with E-state index >= 15 is 0 Å². The highest BCUT2D eigenvalue weighted by Crippen LogP contribution is 2.14. The molecule has 0 aliphatic rings. The monoisotopic (exact) mass is 995 g/mol. The van der Waals surface area contributed by atoms with Gasteiger partial charge in [-0.15, -0.1) is 0 Å². The number of carbonyl (C=O) groups excluding carboxylic acids is 4. The number of methoxy groups -OCH3 is 1. The van der Waals surface area contributed by atoms with Gasteiger partial charge < -0.3 is 38.5 Å². The first-order chi connectivity index (χ1) is 34.2. The minimum atomic E-state index is -0.253. The molecular formula is C58H114N4O8. The van der Waals surface area contributed by atoms with Gasteiger partial charge >= 0.3 is 23.9 Å². The molecule has 0 aromatic heterocycles. The van der Waals surface area contributed by atoms with Gasteiger partial charge in [-0.3, -0.25) is 19.2 Å². The number of unbranched alkanes of at least 4 members (excludes halogenated alkanes) is 27. The molecule has 414 valence electrons. The van der Waals surface area contributed by atoms with Crippen molar-refractivity contribution in [3.8, 4) is 0 Å². The molecule has 0 rings (SSSR count). The average Bonchev–Trinajstić information content (AvgIpc) is 3.36. The Kier molecular flexibility index (Phi) is 51.3. The highest BCUT2D eigenvalue weighted by atomic mass is 16.5. The summed E-state index contributed by atoms with van der Waals surface area (Å²) in [5, 5.41) is 0. The van der Waals surface area contributed by atoms with E-state index in [0.29, 0.717) is 65.3 Å². The van der Waals surface area contributed by atoms with Crippen molar-refractivity contribution in [3.63, 3.8) is 0 Å². The Bertz CT molecular complexity index is 1140. The van der Waals surface area contributed by atoms with Gasteiger partial charge in [-0.05, 0) is 32.9 Å². The van der Waals surface area contributed by atoms with Crippen LogP contribution in [0.5, 0.6) is 0 Å². The molecule has 12 nitrogen and oxygen atoms in total. The van der Waals surface area contributed by atoms with Crippen molar-refractivity contribution in [2.75, 3.05) is 106 Å². The molecule has 0 amide bonds. The normalized spacial score (nSPS) is 11.6. The van der Waals surface area contributed by atoms with Crippen LogP contribution in [0.15, 0.2) is 0 Å². The van der Waals surface area contributed by atoms with E-state index in [4.69, 9.17) is 18.9 Å². The van der Waals surface area contributed by atoms with Crippen molar-refractivity contribution < 1.29 is 38.1 Å². The maximum absolute atomic E-state index is 12.8. The number of rotatable bonds is 55. The van der Waals surface area contributed by atoms with E-state index in [1.807, 2.05) is 0 Å². The zero-order chi connectivity index (χ0) is 51.4. The molecule has 0 atom stereocenters. The van der Waals surface area contributed by atoms with Gasteiger partial charge in [0.25, 0.3) is 0 Å². The van der Waals surface area contributed by atoms with Gasteiger partial charge in [0, 0.05) is 65.4 Å². The summed E-state index contributed by atoms with van der Waals surface area (Å²) >= 11 is 0. The molecule has 0 aliphatic carbocycles. The topological polar surface area (TPSA) is 118 Å². The predicted molar refractivity (Wildman–Crippen MR) is 291 cm³/mol. The Morgan fingerprint density at radius 2 is 0.543 bits per heavy atom. The Balaban J connectivity index is 4.91. The van der Waals surface area contributed by atoms with Crippen LogP contribution in [0.25, 0.3) is 0 Å². The quantitative estimate of drug-likeness (QED) is 0.0328. The Labute approximate surface area is 432 Å². The molecule has 70 heavy (non-hydrogen) atoms. The first-order valence-electron chi connectivity index (χ1n) is 29.6. The minimum Gasteiger partial charge on any atom is -0.469 e. The number of hydrogen-bond donors (Lipinski definition) is 0. The molecule has 0 bridgehead atoms. The van der Waals surface area contributed by atoms with Gasteiger partial charge in [-0.1, -0.05) is 201 Å². The molecule has 0 spiro atoms. The molecule has 0 radical (unpaired) electrons. The molecule has 0 saturated heterocycles. The van der Waals surface area contributed by atoms with E-state index in [-0.39, 0.29) is 30.3 Å². The summed E-state index contributed by atoms with van der Waals surface area (Å²) in [5.74, 6) is -0.764. The second-order valence-electron chi connectivity index (χ2n) is 20.2. The third-order valence-corrected chi connectivity index (χ3v) is 13.8. The summed E-state index contributed by atoms with van der Waals surface area (Å²) in [6, 6.07) is 0. The average molecular weight is 996 g/mol. The third kappa shape index (κ3) is 48.0. The van der Waals surface area contributed by atoms with Gasteiger partial charge in [-0.25, -0.2) is 0 Å². The van der Waals surface area contributed by atoms with Crippen LogP contribution in [0.2, 0.25) is 0 Å². The number of ether oxygens (including phenoxy) is 4. The van der Waals surface area contributed by atoms with Crippen molar-refractivity contribution in [1.82, 2.24) is 19.6 Å². The van der Waals surface area contributed by atoms with Crippen LogP contribution < -0.4 is 0 Å². The third-order valence-electron chi connectivity index (χ3n) is 13.8. The van der Waals surface area contributed by atoms with Gasteiger partial charge in [0.2, 0.25) is 0 Å². The van der Waals surface area contributed by atoms with Crippen molar-refractivity contribution in [2.24, 2.45) is 0 Å². The highest BCUT2D eigenvalue weighted by Gasteiger charge is 2.16. The summed E-state index contributed by atoms with van der Waals surface area (Å²) in [4.78, 5) is 59.4. The lowest BCUT2D eigenvalue weighted by Gasteiger charge is -2.29. The zero-order valence-corrected chi connectivity index (χ0v) is 47.0. The first-order valence-corrected chi connectivity index (χ1v) is 29.6. The van der Waals surface area contributed by atoms with E-state index in [9.17, 15) is 19.2 Å². The smallest absolute Gasteiger partial charge is 0.307 e. The van der Waals surface area contributed by atoms with Gasteiger partial charge in [0.1, 0.15) is 0 Å². The maximum Gasteiger partial charge on any atom is 0.307 e. The van der Waals surface area contributed by atoms with Gasteiger partial charge in [0.05, 0.1) is 52.6 Å². The van der Waals surface area contributed by atoms with E-state index < -0.39 is 0 Å². The second-order valence-corrected chi connectivity index (χ2v) is 20.2. The minimum absolute atomic E-state index is 0.166. The number of carbonyl (C=O) groups is 4. The lowest BCUT2D eigenvalue weighted by molar-refractivity contribution is -0.145. The molecule has 0 saturated carbocycles. The van der Waals surface area contributed by atoms with Crippen LogP contribution in [0.4, 0.5) is 0 Å². The molecule has 0 fully saturated rings. The van der Waals surface area contributed by atoms with E-state index in [2.05, 4.69) is 54.3 Å². The fraction of sp³-hybridized carbons (Fsp3) is 0.931. The lowest BCUT2D eigenvalue weighted by Crippen LogP contribution is -2.42. The number of hydrogen-bond acceptors (Lipinski definition) is 12. The van der Waals surface area contributed by atoms with Gasteiger partial charge in [0.15, 0.2) is 0 Å². The fourth-order valence-electron chi connectivity index (χ4n) is 8.76. The van der Waals surface area contributed by atoms with Crippen molar-refractivity contribution >= 4 is 23.9 Å². The lowest BCUT2D eigenvalue weighted by atomic mass is 10.1. The summed E-state index contributed by atoms with van der Waals surface area (Å²) in [6.07, 6.45) is 38.5. The molecule has 0 aromatic rings. The standard InChI is InChI=1S/C58H114N4O8/c1-7-11-14-17-20-23-26-29-32-35-52-68-56(64)39-43-61(42-38-55(63)67-6)49-47-59(5)46-48-60(10-4)50-51-62(44-40-57(65)69-53-36-33-30-27-24-21-18-15-12-8-2)45-41-58(66)70-54-37-34-31-28-25-22-19-16-13-9-3/h7-54H2,1-6H3. The summed E-state index contributed by atoms with van der Waals surface area (Å²) in [6.45, 7) is 18.2. The molecule has 0 aliphatic heterocycles. The number of likely N-dealkylation sites (N-methyl/N-ethyl adjacent to an activating group) is 2. The molecular weight excluding hydrogens is 881 g/mol. The van der Waals surface area contributed by atoms with Crippen LogP contribution in [0, 0.1) is 0 Å². The number of esters is 4. The Hall–Kier alpha value is -2.28. The molecule has 0 aromatic carbocycles. The highest BCUT2D eigenvalue weighted by molar-refractivity contribution is 5.70. The van der Waals surface area contributed by atoms with Crippen LogP contribution in [-0.4, -0.2) is 149 Å². The molecule has 12 heteroatoms. The first kappa shape index (κ1) is 67.7. The van der Waals surface area contributed by atoms with Crippen LogP contribution in [0.1, 0.15) is 246 Å². The van der Waals surface area contributed by atoms with E-state index in [1.54, 1.807) is 0 Å². The fourth-order valence-corrected chi connectivity index (χ4v) is 8.76. The Morgan fingerprint density at radius 1 is 0.300 bits per heavy atom. The van der Waals surface area contributed by atoms with Gasteiger partial charge in [-0.2, -0.15) is 0 Å². The molecule has 0 unspecified atom stereocenters. The SMILES string of the molecule is CCCCCCCCCCCCOC(=O)CCN(CCC(=O)OC)CCN(C)CCN(CC)CCN(CCC(=O)OCCCCCCCCCCCC)CCC(=O)OCCCCCCCCCCCC. The van der Waals surface area contributed by atoms with Crippen LogP contribution >= 0.6 is 0 Å². The van der Waals surface area contributed by atoms with Crippen LogP contribution in [0.3, 0.4) is 0 Å². The van der Waals surface area contributed by atoms with Crippen molar-refractivity contribution in [1.29, 1.82) is 0 Å². The summed E-state index contributed by atoms with van der Waals surface area (Å²) in [5.41, 5.74) is 0. The zero-order valence-electron chi connectivity index (χ0n) is 47.0. The molecule has 0 heterocycles. The second kappa shape index (κ2) is 53.0. The predicted octanol–water partition coefficient (Wildman–Crippen LogP) is 13.0. The van der Waals surface area contributed by atoms with E-state index in [1.165, 1.54) is 161 Å². The van der Waals surface area contributed by atoms with E-state index in [0.717, 1.165) is 84.3 Å². The summed E-state index contributed by atoms with van der Waals surface area (Å²) in [7, 11) is 3.52.